The minimum absolute atomic E-state index is 0.339. The summed E-state index contributed by atoms with van der Waals surface area (Å²) in [5, 5.41) is 0. The summed E-state index contributed by atoms with van der Waals surface area (Å²) in [5.41, 5.74) is 13.9. The number of imide groups is 2. The molecule has 0 unspecified atom stereocenters. The summed E-state index contributed by atoms with van der Waals surface area (Å²) in [6.45, 7) is 11.8. The highest BCUT2D eigenvalue weighted by molar-refractivity contribution is 6.36. The molecule has 0 atom stereocenters. The van der Waals surface area contributed by atoms with E-state index < -0.39 is 0 Å². The number of benzene rings is 6. The number of anilines is 2. The van der Waals surface area contributed by atoms with E-state index in [0.717, 1.165) is 66.8 Å². The molecule has 0 aromatic heterocycles. The molecule has 6 aromatic rings. The molecule has 254 valence electrons. The molecule has 0 N–H and O–H groups in total. The first-order valence-corrected chi connectivity index (χ1v) is 17.3. The van der Waals surface area contributed by atoms with Crippen molar-refractivity contribution in [3.05, 3.63) is 165 Å². The summed E-state index contributed by atoms with van der Waals surface area (Å²) in [6.07, 6.45) is 0. The molecule has 4 amide bonds. The van der Waals surface area contributed by atoms with Crippen molar-refractivity contribution in [2.24, 2.45) is 0 Å². The highest BCUT2D eigenvalue weighted by Gasteiger charge is 2.39. The normalized spacial score (nSPS) is 13.7. The zero-order chi connectivity index (χ0) is 36.6. The maximum absolute atomic E-state index is 13.8. The average molecular weight is 681 g/mol. The maximum atomic E-state index is 13.8. The van der Waals surface area contributed by atoms with E-state index in [-0.39, 0.29) is 23.6 Å². The van der Waals surface area contributed by atoms with Gasteiger partial charge in [0.25, 0.3) is 23.6 Å². The van der Waals surface area contributed by atoms with E-state index >= 15 is 0 Å². The summed E-state index contributed by atoms with van der Waals surface area (Å²) in [5.74, 6) is -1.36. The van der Waals surface area contributed by atoms with Crippen LogP contribution in [0.1, 0.15) is 74.8 Å². The lowest BCUT2D eigenvalue weighted by atomic mass is 9.92. The van der Waals surface area contributed by atoms with Gasteiger partial charge >= 0.3 is 0 Å². The Morgan fingerprint density at radius 2 is 0.635 bits per heavy atom. The molecular formula is C46H36N2O4. The van der Waals surface area contributed by atoms with Crippen LogP contribution in [0.3, 0.4) is 0 Å². The van der Waals surface area contributed by atoms with Crippen LogP contribution in [0.4, 0.5) is 11.4 Å². The van der Waals surface area contributed by atoms with Gasteiger partial charge in [-0.15, -0.1) is 0 Å². The van der Waals surface area contributed by atoms with E-state index in [9.17, 15) is 19.2 Å². The lowest BCUT2D eigenvalue weighted by molar-refractivity contribution is 0.0910. The maximum Gasteiger partial charge on any atom is 0.266 e. The third-order valence-electron chi connectivity index (χ3n) is 10.4. The van der Waals surface area contributed by atoms with Crippen molar-refractivity contribution in [1.82, 2.24) is 0 Å². The van der Waals surface area contributed by atoms with Crippen LogP contribution < -0.4 is 9.80 Å². The number of hydrogen-bond donors (Lipinski definition) is 0. The number of aryl methyl sites for hydroxylation is 6. The van der Waals surface area contributed by atoms with Crippen LogP contribution in [0.5, 0.6) is 0 Å². The fourth-order valence-electron chi connectivity index (χ4n) is 7.43. The minimum atomic E-state index is -0.340. The predicted octanol–water partition coefficient (Wildman–Crippen LogP) is 10.1. The van der Waals surface area contributed by atoms with E-state index in [1.165, 1.54) is 9.80 Å². The molecule has 6 nitrogen and oxygen atoms in total. The number of carbonyl (C=O) groups excluding carboxylic acids is 4. The van der Waals surface area contributed by atoms with E-state index in [1.807, 2.05) is 139 Å². The highest BCUT2D eigenvalue weighted by atomic mass is 16.2. The minimum Gasteiger partial charge on any atom is -0.268 e. The molecule has 0 saturated carbocycles. The molecule has 6 heteroatoms. The number of hydrogen-bond acceptors (Lipinski definition) is 4. The predicted molar refractivity (Wildman–Crippen MR) is 206 cm³/mol. The molecular weight excluding hydrogens is 645 g/mol. The van der Waals surface area contributed by atoms with Gasteiger partial charge in [-0.2, -0.15) is 0 Å². The second-order valence-electron chi connectivity index (χ2n) is 14.1. The van der Waals surface area contributed by atoms with Crippen molar-refractivity contribution in [2.45, 2.75) is 41.5 Å². The number of nitrogens with zero attached hydrogens (tertiary/aromatic N) is 2. The van der Waals surface area contributed by atoms with E-state index in [1.54, 1.807) is 12.1 Å². The summed E-state index contributed by atoms with van der Waals surface area (Å²) >= 11 is 0. The highest BCUT2D eigenvalue weighted by Crippen LogP contribution is 2.40. The average Bonchev–Trinajstić information content (AvgIpc) is 3.53. The van der Waals surface area contributed by atoms with Gasteiger partial charge in [-0.1, -0.05) is 71.8 Å². The van der Waals surface area contributed by atoms with Gasteiger partial charge in [-0.05, 0) is 146 Å². The van der Waals surface area contributed by atoms with Crippen LogP contribution >= 0.6 is 0 Å². The van der Waals surface area contributed by atoms with Crippen LogP contribution in [-0.2, 0) is 0 Å². The van der Waals surface area contributed by atoms with Crippen LogP contribution in [0.2, 0.25) is 0 Å². The van der Waals surface area contributed by atoms with Crippen LogP contribution in [0.15, 0.2) is 109 Å². The molecule has 2 aliphatic rings. The standard InChI is InChI=1S/C46H36N2O4/c1-25-7-11-31(12-8-25)33-15-17-35-39(23-33)45(51)47(43(35)49)41-21-27(3)37(19-29(41)5)38-20-30(6)42(22-28(38)4)48-44(50)36-18-16-34(24-40(36)46(48)52)32-13-9-26(2)10-14-32/h7-24H,1-6H3. The van der Waals surface area contributed by atoms with Gasteiger partial charge in [0.1, 0.15) is 0 Å². The van der Waals surface area contributed by atoms with Gasteiger partial charge in [-0.3, -0.25) is 19.2 Å². The Kier molecular flexibility index (Phi) is 7.65. The molecule has 0 radical (unpaired) electrons. The number of fused-ring (bicyclic) bond motifs is 2. The first-order valence-electron chi connectivity index (χ1n) is 17.3. The van der Waals surface area contributed by atoms with Gasteiger partial charge in [0.15, 0.2) is 0 Å². The van der Waals surface area contributed by atoms with E-state index in [0.29, 0.717) is 33.6 Å². The molecule has 2 aliphatic heterocycles. The Hall–Kier alpha value is -6.40. The quantitative estimate of drug-likeness (QED) is 0.170. The smallest absolute Gasteiger partial charge is 0.266 e. The topological polar surface area (TPSA) is 74.8 Å². The van der Waals surface area contributed by atoms with Crippen molar-refractivity contribution in [1.29, 1.82) is 0 Å². The fraction of sp³-hybridized carbons (Fsp3) is 0.130. The first-order chi connectivity index (χ1) is 24.9. The lowest BCUT2D eigenvalue weighted by Crippen LogP contribution is -2.30. The van der Waals surface area contributed by atoms with Gasteiger partial charge in [0.2, 0.25) is 0 Å². The molecule has 0 bridgehead atoms. The van der Waals surface area contributed by atoms with Crippen LogP contribution in [0.25, 0.3) is 33.4 Å². The summed E-state index contributed by atoms with van der Waals surface area (Å²) in [6, 6.07) is 34.8. The Labute approximate surface area is 303 Å². The van der Waals surface area contributed by atoms with Gasteiger partial charge in [0.05, 0.1) is 33.6 Å². The Bertz CT molecular complexity index is 2370. The molecule has 52 heavy (non-hydrogen) atoms. The molecule has 0 aliphatic carbocycles. The van der Waals surface area contributed by atoms with Crippen LogP contribution in [-0.4, -0.2) is 23.6 Å². The zero-order valence-corrected chi connectivity index (χ0v) is 29.9. The van der Waals surface area contributed by atoms with Crippen molar-refractivity contribution >= 4 is 35.0 Å². The van der Waals surface area contributed by atoms with Crippen molar-refractivity contribution in [2.75, 3.05) is 9.80 Å². The molecule has 8 rings (SSSR count). The third kappa shape index (κ3) is 5.18. The Morgan fingerprint density at radius 3 is 1.00 bits per heavy atom. The van der Waals surface area contributed by atoms with Crippen molar-refractivity contribution in [3.63, 3.8) is 0 Å². The third-order valence-corrected chi connectivity index (χ3v) is 10.4. The second kappa shape index (κ2) is 12.1. The number of carbonyl (C=O) groups is 4. The summed E-state index contributed by atoms with van der Waals surface area (Å²) in [4.78, 5) is 57.5. The van der Waals surface area contributed by atoms with Gasteiger partial charge in [-0.25, -0.2) is 9.80 Å². The summed E-state index contributed by atoms with van der Waals surface area (Å²) in [7, 11) is 0. The molecule has 6 aromatic carbocycles. The second-order valence-corrected chi connectivity index (χ2v) is 14.1. The van der Waals surface area contributed by atoms with Crippen molar-refractivity contribution in [3.8, 4) is 33.4 Å². The van der Waals surface area contributed by atoms with Crippen LogP contribution in [0, 0.1) is 41.5 Å². The first kappa shape index (κ1) is 32.8. The molecule has 2 heterocycles. The summed E-state index contributed by atoms with van der Waals surface area (Å²) < 4.78 is 0. The Balaban J connectivity index is 1.09. The largest absolute Gasteiger partial charge is 0.268 e. The SMILES string of the molecule is Cc1ccc(-c2ccc3c(c2)C(=O)N(c2cc(C)c(-c4cc(C)c(N5C(=O)c6ccc(-c7ccc(C)cc7)cc6C5=O)cc4C)cc2C)C3=O)cc1. The fourth-order valence-corrected chi connectivity index (χ4v) is 7.43. The molecule has 0 spiro atoms. The van der Waals surface area contributed by atoms with E-state index in [2.05, 4.69) is 0 Å². The zero-order valence-electron chi connectivity index (χ0n) is 29.9. The van der Waals surface area contributed by atoms with Gasteiger partial charge in [0, 0.05) is 0 Å². The number of amides is 4. The monoisotopic (exact) mass is 680 g/mol. The Morgan fingerprint density at radius 1 is 0.308 bits per heavy atom. The van der Waals surface area contributed by atoms with Crippen molar-refractivity contribution < 1.29 is 19.2 Å². The molecule has 0 saturated heterocycles. The molecule has 0 fully saturated rings. The lowest BCUT2D eigenvalue weighted by Gasteiger charge is -2.22. The van der Waals surface area contributed by atoms with Gasteiger partial charge < -0.3 is 0 Å². The van der Waals surface area contributed by atoms with E-state index in [4.69, 9.17) is 0 Å². The number of rotatable bonds is 5.